The molecule has 1 atom stereocenters. The van der Waals surface area contributed by atoms with Crippen LogP contribution in [0.4, 0.5) is 18.9 Å². The molecule has 5 nitrogen and oxygen atoms in total. The first kappa shape index (κ1) is 22.4. The molecule has 0 spiro atoms. The Hall–Kier alpha value is -2.78. The summed E-state index contributed by atoms with van der Waals surface area (Å²) in [5.74, 6) is -0.466. The van der Waals surface area contributed by atoms with Gasteiger partial charge in [0.2, 0.25) is 5.91 Å². The number of nitrogens with one attached hydrogen (secondary N) is 1. The minimum absolute atomic E-state index is 0.0283. The zero-order valence-electron chi connectivity index (χ0n) is 17.1. The lowest BCUT2D eigenvalue weighted by molar-refractivity contribution is -0.137. The molecule has 166 valence electrons. The average Bonchev–Trinajstić information content (AvgIpc) is 3.15. The Morgan fingerprint density at radius 3 is 2.66 bits per heavy atom. The number of carbonyl (C=O) groups excluding carboxylic acids is 1. The van der Waals surface area contributed by atoms with Gasteiger partial charge in [-0.15, -0.1) is 10.2 Å². The summed E-state index contributed by atoms with van der Waals surface area (Å²) in [6.07, 6.45) is -4.12. The molecule has 0 radical (unpaired) electrons. The van der Waals surface area contributed by atoms with Crippen LogP contribution in [0, 0.1) is 6.92 Å². The lowest BCUT2D eigenvalue weighted by atomic mass is 10.1. The number of benzene rings is 2. The topological polar surface area (TPSA) is 59.3 Å². The van der Waals surface area contributed by atoms with Crippen LogP contribution < -0.4 is 5.32 Å². The molecule has 0 saturated heterocycles. The third kappa shape index (κ3) is 4.27. The number of rotatable bonds is 5. The third-order valence-corrected chi connectivity index (χ3v) is 6.67. The first-order valence-corrected chi connectivity index (χ1v) is 11.0. The number of pyridine rings is 1. The normalized spacial score (nSPS) is 12.9. The molecule has 4 rings (SSSR count). The number of halogens is 4. The fourth-order valence-corrected chi connectivity index (χ4v) is 4.55. The number of hydrogen-bond donors (Lipinski definition) is 1. The lowest BCUT2D eigenvalue weighted by Crippen LogP contribution is -2.25. The van der Waals surface area contributed by atoms with Gasteiger partial charge in [-0.05, 0) is 49.2 Å². The number of alkyl halides is 3. The predicted molar refractivity (Wildman–Crippen MR) is 120 cm³/mol. The van der Waals surface area contributed by atoms with Crippen LogP contribution in [0.15, 0.2) is 53.7 Å². The van der Waals surface area contributed by atoms with Crippen molar-refractivity contribution in [3.05, 3.63) is 64.7 Å². The Morgan fingerprint density at radius 1 is 1.19 bits per heavy atom. The number of aromatic nitrogens is 3. The lowest BCUT2D eigenvalue weighted by Gasteiger charge is -2.16. The number of hydrogen-bond acceptors (Lipinski definition) is 4. The van der Waals surface area contributed by atoms with E-state index in [1.807, 2.05) is 48.6 Å². The standard InChI is InChI=1S/C22H18ClF3N4OS/c1-3-18(20(31)27-16-11-13(22(24,25)26)8-9-15(16)23)32-21-29-28-19-10-12(2)14-6-4-5-7-17(14)30(19)21/h4-11,18H,3H2,1-2H3,(H,27,31). The van der Waals surface area contributed by atoms with E-state index in [4.69, 9.17) is 11.6 Å². The van der Waals surface area contributed by atoms with Gasteiger partial charge >= 0.3 is 6.18 Å². The summed E-state index contributed by atoms with van der Waals surface area (Å²) in [5, 5.41) is 12.0. The summed E-state index contributed by atoms with van der Waals surface area (Å²) in [4.78, 5) is 12.9. The van der Waals surface area contributed by atoms with E-state index in [0.29, 0.717) is 17.2 Å². The van der Waals surface area contributed by atoms with Crippen LogP contribution in [0.25, 0.3) is 16.6 Å². The number of carbonyl (C=O) groups is 1. The molecule has 2 aromatic heterocycles. The molecule has 0 aliphatic carbocycles. The van der Waals surface area contributed by atoms with Gasteiger partial charge < -0.3 is 5.32 Å². The first-order chi connectivity index (χ1) is 15.2. The Kier molecular flexibility index (Phi) is 6.05. The van der Waals surface area contributed by atoms with Crippen LogP contribution in [-0.2, 0) is 11.0 Å². The smallest absolute Gasteiger partial charge is 0.324 e. The van der Waals surface area contributed by atoms with Gasteiger partial charge in [-0.25, -0.2) is 0 Å². The molecule has 1 amide bonds. The maximum Gasteiger partial charge on any atom is 0.416 e. The number of fused-ring (bicyclic) bond motifs is 3. The van der Waals surface area contributed by atoms with E-state index in [9.17, 15) is 18.0 Å². The van der Waals surface area contributed by atoms with Gasteiger partial charge in [-0.1, -0.05) is 48.5 Å². The van der Waals surface area contributed by atoms with Crippen LogP contribution in [-0.4, -0.2) is 25.8 Å². The van der Waals surface area contributed by atoms with Gasteiger partial charge in [0.1, 0.15) is 0 Å². The third-order valence-electron chi connectivity index (χ3n) is 5.04. The van der Waals surface area contributed by atoms with Crippen molar-refractivity contribution in [2.24, 2.45) is 0 Å². The van der Waals surface area contributed by atoms with Gasteiger partial charge in [0.05, 0.1) is 27.0 Å². The molecular weight excluding hydrogens is 461 g/mol. The van der Waals surface area contributed by atoms with Crippen LogP contribution in [0.5, 0.6) is 0 Å². The van der Waals surface area contributed by atoms with Crippen LogP contribution >= 0.6 is 23.4 Å². The number of nitrogens with zero attached hydrogens (tertiary/aromatic N) is 3. The van der Waals surface area contributed by atoms with Crippen molar-refractivity contribution in [2.75, 3.05) is 5.32 Å². The second-order valence-corrected chi connectivity index (χ2v) is 8.79. The van der Waals surface area contributed by atoms with E-state index < -0.39 is 22.9 Å². The molecule has 2 aromatic carbocycles. The zero-order chi connectivity index (χ0) is 23.0. The molecule has 4 aromatic rings. The quantitative estimate of drug-likeness (QED) is 0.338. The number of amides is 1. The molecule has 0 fully saturated rings. The van der Waals surface area contributed by atoms with Gasteiger partial charge in [-0.3, -0.25) is 9.20 Å². The largest absolute Gasteiger partial charge is 0.416 e. The van der Waals surface area contributed by atoms with Gasteiger partial charge in [0, 0.05) is 5.39 Å². The molecule has 1 unspecified atom stereocenters. The van der Waals surface area contributed by atoms with Crippen molar-refractivity contribution in [2.45, 2.75) is 36.9 Å². The SMILES string of the molecule is CCC(Sc1nnc2cc(C)c3ccccc3n12)C(=O)Nc1cc(C(F)(F)F)ccc1Cl. The zero-order valence-corrected chi connectivity index (χ0v) is 18.6. The van der Waals surface area contributed by atoms with E-state index in [-0.39, 0.29) is 10.7 Å². The van der Waals surface area contributed by atoms with Crippen molar-refractivity contribution < 1.29 is 18.0 Å². The summed E-state index contributed by atoms with van der Waals surface area (Å²) >= 11 is 7.22. The highest BCUT2D eigenvalue weighted by molar-refractivity contribution is 8.00. The van der Waals surface area contributed by atoms with Crippen molar-refractivity contribution in [3.63, 3.8) is 0 Å². The molecule has 0 aliphatic rings. The molecule has 0 bridgehead atoms. The molecule has 32 heavy (non-hydrogen) atoms. The van der Waals surface area contributed by atoms with Crippen LogP contribution in [0.1, 0.15) is 24.5 Å². The molecule has 10 heteroatoms. The molecule has 0 saturated carbocycles. The Morgan fingerprint density at radius 2 is 1.94 bits per heavy atom. The van der Waals surface area contributed by atoms with Crippen molar-refractivity contribution in [1.29, 1.82) is 0 Å². The summed E-state index contributed by atoms with van der Waals surface area (Å²) in [5.41, 5.74) is 1.65. The highest BCUT2D eigenvalue weighted by atomic mass is 35.5. The second kappa shape index (κ2) is 8.63. The predicted octanol–water partition coefficient (Wildman–Crippen LogP) is 6.37. The summed E-state index contributed by atoms with van der Waals surface area (Å²) < 4.78 is 41.0. The number of para-hydroxylation sites is 1. The molecular formula is C22H18ClF3N4OS. The number of thioether (sulfide) groups is 1. The maximum absolute atomic E-state index is 13.0. The van der Waals surface area contributed by atoms with E-state index in [2.05, 4.69) is 15.5 Å². The van der Waals surface area contributed by atoms with Crippen LogP contribution in [0.2, 0.25) is 5.02 Å². The minimum atomic E-state index is -4.54. The average molecular weight is 479 g/mol. The minimum Gasteiger partial charge on any atom is -0.324 e. The first-order valence-electron chi connectivity index (χ1n) is 9.76. The summed E-state index contributed by atoms with van der Waals surface area (Å²) in [6.45, 7) is 3.81. The van der Waals surface area contributed by atoms with E-state index in [1.54, 1.807) is 0 Å². The van der Waals surface area contributed by atoms with Crippen molar-refractivity contribution in [3.8, 4) is 0 Å². The highest BCUT2D eigenvalue weighted by Crippen LogP contribution is 2.35. The monoisotopic (exact) mass is 478 g/mol. The Bertz CT molecular complexity index is 1320. The Labute approximate surface area is 191 Å². The molecule has 1 N–H and O–H groups in total. The van der Waals surface area contributed by atoms with Gasteiger partial charge in [0.25, 0.3) is 0 Å². The summed E-state index contributed by atoms with van der Waals surface area (Å²) in [6, 6.07) is 12.6. The summed E-state index contributed by atoms with van der Waals surface area (Å²) in [7, 11) is 0. The second-order valence-electron chi connectivity index (χ2n) is 7.22. The van der Waals surface area contributed by atoms with Crippen LogP contribution in [0.3, 0.4) is 0 Å². The van der Waals surface area contributed by atoms with E-state index >= 15 is 0 Å². The highest BCUT2D eigenvalue weighted by Gasteiger charge is 2.31. The van der Waals surface area contributed by atoms with Crippen molar-refractivity contribution in [1.82, 2.24) is 14.6 Å². The number of aryl methyl sites for hydroxylation is 1. The van der Waals surface area contributed by atoms with Gasteiger partial charge in [-0.2, -0.15) is 13.2 Å². The Balaban J connectivity index is 1.64. The fourth-order valence-electron chi connectivity index (χ4n) is 3.41. The van der Waals surface area contributed by atoms with Crippen molar-refractivity contribution >= 4 is 51.5 Å². The number of anilines is 1. The van der Waals surface area contributed by atoms with E-state index in [1.165, 1.54) is 11.8 Å². The molecule has 2 heterocycles. The fraction of sp³-hybridized carbons (Fsp3) is 0.227. The maximum atomic E-state index is 13.0. The molecule has 0 aliphatic heterocycles. The van der Waals surface area contributed by atoms with E-state index in [0.717, 1.165) is 34.7 Å². The van der Waals surface area contributed by atoms with Gasteiger partial charge in [0.15, 0.2) is 10.8 Å².